The smallest absolute Gasteiger partial charge is 0.144 e. The third-order valence-corrected chi connectivity index (χ3v) is 8.40. The first-order valence-electron chi connectivity index (χ1n) is 11.1. The molecule has 2 fully saturated rings. The largest absolute Gasteiger partial charge is 0.591 e. The van der Waals surface area contributed by atoms with E-state index in [9.17, 15) is 4.55 Å². The Bertz CT molecular complexity index is 758. The molecule has 0 radical (unpaired) electrons. The fourth-order valence-electron chi connectivity index (χ4n) is 4.79. The molecule has 0 bridgehead atoms. The van der Waals surface area contributed by atoms with Crippen LogP contribution in [-0.2, 0) is 22.5 Å². The standard InChI is InChI=1S/C24H35NO3S/c1-23(2,3)29(26)25-22-21-14-20(28-16-17-6-5-7-17)9-8-18(21)15-24(22)12-10-19(27-4)11-13-24/h8-9,14,17,19H,5-7,10-13,15-16H2,1-4H3/t19-,24+,29?. The van der Waals surface area contributed by atoms with Gasteiger partial charge in [-0.25, -0.2) is 0 Å². The van der Waals surface area contributed by atoms with Crippen LogP contribution in [0.2, 0.25) is 0 Å². The van der Waals surface area contributed by atoms with Gasteiger partial charge in [0.1, 0.15) is 27.6 Å². The van der Waals surface area contributed by atoms with Crippen molar-refractivity contribution in [3.63, 3.8) is 0 Å². The van der Waals surface area contributed by atoms with Gasteiger partial charge in [0, 0.05) is 18.1 Å². The van der Waals surface area contributed by atoms with Crippen molar-refractivity contribution < 1.29 is 14.0 Å². The molecule has 1 aromatic rings. The van der Waals surface area contributed by atoms with Crippen molar-refractivity contribution in [3.8, 4) is 5.75 Å². The third-order valence-electron chi connectivity index (χ3n) is 7.00. The van der Waals surface area contributed by atoms with Crippen molar-refractivity contribution in [2.24, 2.45) is 15.7 Å². The Hall–Kier alpha value is -1.04. The third kappa shape index (κ3) is 4.38. The Kier molecular flexibility index (Phi) is 6.02. The SMILES string of the molecule is CO[C@H]1CC[C@@]2(CC1)Cc1ccc(OCC3CCC3)cc1C2=N[S+]([O-])C(C)(C)C. The fraction of sp³-hybridized carbons (Fsp3) is 0.708. The fourth-order valence-corrected chi connectivity index (χ4v) is 5.52. The van der Waals surface area contributed by atoms with Gasteiger partial charge in [-0.15, -0.1) is 0 Å². The van der Waals surface area contributed by atoms with Crippen LogP contribution < -0.4 is 4.74 Å². The highest BCUT2D eigenvalue weighted by Gasteiger charge is 2.48. The summed E-state index contributed by atoms with van der Waals surface area (Å²) in [5.41, 5.74) is 3.51. The predicted octanol–water partition coefficient (Wildman–Crippen LogP) is 5.25. The summed E-state index contributed by atoms with van der Waals surface area (Å²) < 4.78 is 29.2. The van der Waals surface area contributed by atoms with E-state index in [0.29, 0.717) is 12.0 Å². The second-order valence-electron chi connectivity index (χ2n) is 10.1. The summed E-state index contributed by atoms with van der Waals surface area (Å²) >= 11 is -1.27. The van der Waals surface area contributed by atoms with Gasteiger partial charge in [0.2, 0.25) is 0 Å². The van der Waals surface area contributed by atoms with E-state index in [2.05, 4.69) is 18.2 Å². The lowest BCUT2D eigenvalue weighted by molar-refractivity contribution is 0.0468. The maximum absolute atomic E-state index is 13.0. The van der Waals surface area contributed by atoms with Crippen LogP contribution >= 0.6 is 0 Å². The van der Waals surface area contributed by atoms with E-state index in [1.165, 1.54) is 24.8 Å². The van der Waals surface area contributed by atoms with Gasteiger partial charge in [0.05, 0.1) is 12.7 Å². The average Bonchev–Trinajstić information content (AvgIpc) is 2.93. The van der Waals surface area contributed by atoms with Crippen molar-refractivity contribution >= 4 is 17.1 Å². The van der Waals surface area contributed by atoms with Crippen molar-refractivity contribution in [2.75, 3.05) is 13.7 Å². The van der Waals surface area contributed by atoms with Gasteiger partial charge >= 0.3 is 0 Å². The molecule has 3 aliphatic rings. The summed E-state index contributed by atoms with van der Waals surface area (Å²) in [6, 6.07) is 6.47. The second-order valence-corrected chi connectivity index (χ2v) is 12.0. The van der Waals surface area contributed by atoms with Gasteiger partial charge in [-0.3, -0.25) is 0 Å². The molecule has 0 aliphatic heterocycles. The number of benzene rings is 1. The van der Waals surface area contributed by atoms with Gasteiger partial charge in [-0.1, -0.05) is 16.9 Å². The molecule has 1 aromatic carbocycles. The zero-order valence-electron chi connectivity index (χ0n) is 18.3. The minimum atomic E-state index is -1.27. The average molecular weight is 418 g/mol. The first-order valence-corrected chi connectivity index (χ1v) is 12.2. The van der Waals surface area contributed by atoms with Gasteiger partial charge in [-0.2, -0.15) is 0 Å². The molecule has 5 heteroatoms. The van der Waals surface area contributed by atoms with Crippen LogP contribution in [0.1, 0.15) is 76.8 Å². The zero-order chi connectivity index (χ0) is 20.6. The summed E-state index contributed by atoms with van der Waals surface area (Å²) in [5.74, 6) is 1.63. The number of rotatable bonds is 5. The number of hydrogen-bond acceptors (Lipinski definition) is 4. The number of nitrogens with zero attached hydrogens (tertiary/aromatic N) is 1. The summed E-state index contributed by atoms with van der Waals surface area (Å²) in [6.45, 7) is 6.79. The van der Waals surface area contributed by atoms with Crippen LogP contribution in [0.3, 0.4) is 0 Å². The van der Waals surface area contributed by atoms with Crippen LogP contribution in [0.25, 0.3) is 0 Å². The molecule has 0 heterocycles. The minimum absolute atomic E-state index is 0.00906. The monoisotopic (exact) mass is 417 g/mol. The highest BCUT2D eigenvalue weighted by molar-refractivity contribution is 7.91. The molecule has 0 saturated heterocycles. The molecule has 1 unspecified atom stereocenters. The Morgan fingerprint density at radius 2 is 1.90 bits per heavy atom. The Labute approximate surface area is 178 Å². The number of ether oxygens (including phenoxy) is 2. The highest BCUT2D eigenvalue weighted by Crippen LogP contribution is 2.49. The van der Waals surface area contributed by atoms with Crippen LogP contribution in [0, 0.1) is 11.3 Å². The highest BCUT2D eigenvalue weighted by atomic mass is 32.2. The van der Waals surface area contributed by atoms with Crippen LogP contribution in [0.4, 0.5) is 0 Å². The number of fused-ring (bicyclic) bond motifs is 1. The van der Waals surface area contributed by atoms with E-state index in [4.69, 9.17) is 13.9 Å². The Morgan fingerprint density at radius 3 is 2.48 bits per heavy atom. The Balaban J connectivity index is 1.64. The molecule has 2 saturated carbocycles. The Morgan fingerprint density at radius 1 is 1.17 bits per heavy atom. The summed E-state index contributed by atoms with van der Waals surface area (Å²) in [7, 11) is 1.81. The first kappa shape index (κ1) is 21.2. The molecular weight excluding hydrogens is 382 g/mol. The molecule has 160 valence electrons. The predicted molar refractivity (Wildman–Crippen MR) is 119 cm³/mol. The van der Waals surface area contributed by atoms with E-state index >= 15 is 0 Å². The second kappa shape index (κ2) is 8.24. The molecule has 0 aromatic heterocycles. The normalized spacial score (nSPS) is 29.7. The van der Waals surface area contributed by atoms with Crippen molar-refractivity contribution in [2.45, 2.75) is 83.0 Å². The van der Waals surface area contributed by atoms with E-state index in [0.717, 1.165) is 55.7 Å². The molecule has 0 N–H and O–H groups in total. The topological polar surface area (TPSA) is 53.9 Å². The van der Waals surface area contributed by atoms with Crippen molar-refractivity contribution in [1.82, 2.24) is 0 Å². The first-order chi connectivity index (χ1) is 13.8. The molecule has 4 nitrogen and oxygen atoms in total. The van der Waals surface area contributed by atoms with Crippen LogP contribution in [-0.4, -0.2) is 34.8 Å². The van der Waals surface area contributed by atoms with E-state index in [1.54, 1.807) is 7.11 Å². The quantitative estimate of drug-likeness (QED) is 0.615. The number of hydrogen-bond donors (Lipinski definition) is 0. The lowest BCUT2D eigenvalue weighted by Gasteiger charge is -2.37. The van der Waals surface area contributed by atoms with Crippen molar-refractivity contribution in [1.29, 1.82) is 0 Å². The van der Waals surface area contributed by atoms with Gasteiger partial charge in [-0.05, 0) is 89.3 Å². The number of methoxy groups -OCH3 is 1. The van der Waals surface area contributed by atoms with E-state index < -0.39 is 11.4 Å². The summed E-state index contributed by atoms with van der Waals surface area (Å²) in [5, 5.41) is 0. The van der Waals surface area contributed by atoms with Gasteiger partial charge < -0.3 is 14.0 Å². The molecule has 1 atom stereocenters. The maximum atomic E-state index is 13.0. The zero-order valence-corrected chi connectivity index (χ0v) is 19.1. The molecular formula is C24H35NO3S. The molecule has 4 rings (SSSR count). The minimum Gasteiger partial charge on any atom is -0.591 e. The van der Waals surface area contributed by atoms with E-state index in [1.807, 2.05) is 20.8 Å². The summed E-state index contributed by atoms with van der Waals surface area (Å²) in [6.07, 6.45) is 9.38. The molecule has 29 heavy (non-hydrogen) atoms. The maximum Gasteiger partial charge on any atom is 0.144 e. The van der Waals surface area contributed by atoms with Crippen LogP contribution in [0.15, 0.2) is 22.6 Å². The molecule has 1 spiro atoms. The van der Waals surface area contributed by atoms with Crippen molar-refractivity contribution in [3.05, 3.63) is 29.3 Å². The van der Waals surface area contributed by atoms with Crippen LogP contribution in [0.5, 0.6) is 5.75 Å². The molecule has 0 amide bonds. The lowest BCUT2D eigenvalue weighted by atomic mass is 9.70. The lowest BCUT2D eigenvalue weighted by Crippen LogP contribution is -2.37. The van der Waals surface area contributed by atoms with Gasteiger partial charge in [0.15, 0.2) is 0 Å². The molecule has 3 aliphatic carbocycles. The van der Waals surface area contributed by atoms with E-state index in [-0.39, 0.29) is 10.2 Å². The summed E-state index contributed by atoms with van der Waals surface area (Å²) in [4.78, 5) is 0. The van der Waals surface area contributed by atoms with Gasteiger partial charge in [0.25, 0.3) is 0 Å².